The van der Waals surface area contributed by atoms with E-state index in [0.29, 0.717) is 30.4 Å². The number of hydrogen-bond donors (Lipinski definition) is 1. The molecule has 0 aliphatic heterocycles. The Balaban J connectivity index is 2.57. The molecule has 0 spiro atoms. The standard InChI is InChI=1S/C15H25NO3/c1-15(2,11-16)9-6-10-19-14-12(17-3)7-5-8-13(14)18-4/h5,7-8H,6,9-11,16H2,1-4H3. The van der Waals surface area contributed by atoms with Gasteiger partial charge in [0.2, 0.25) is 5.75 Å². The van der Waals surface area contributed by atoms with Crippen LogP contribution in [0.1, 0.15) is 26.7 Å². The summed E-state index contributed by atoms with van der Waals surface area (Å²) in [6.07, 6.45) is 1.98. The molecular formula is C15H25NO3. The quantitative estimate of drug-likeness (QED) is 0.736. The van der Waals surface area contributed by atoms with Crippen LogP contribution in [0, 0.1) is 5.41 Å². The normalized spacial score (nSPS) is 11.2. The third-order valence-corrected chi connectivity index (χ3v) is 3.18. The molecule has 4 nitrogen and oxygen atoms in total. The first kappa shape index (κ1) is 15.6. The Labute approximate surface area is 115 Å². The molecule has 0 aliphatic carbocycles. The van der Waals surface area contributed by atoms with Crippen molar-refractivity contribution in [2.45, 2.75) is 26.7 Å². The maximum Gasteiger partial charge on any atom is 0.203 e. The molecular weight excluding hydrogens is 242 g/mol. The van der Waals surface area contributed by atoms with E-state index >= 15 is 0 Å². The molecule has 0 aliphatic rings. The second-order valence-electron chi connectivity index (χ2n) is 5.31. The molecule has 0 amide bonds. The van der Waals surface area contributed by atoms with E-state index < -0.39 is 0 Å². The van der Waals surface area contributed by atoms with Crippen LogP contribution >= 0.6 is 0 Å². The highest BCUT2D eigenvalue weighted by Crippen LogP contribution is 2.37. The Morgan fingerprint density at radius 2 is 1.68 bits per heavy atom. The molecule has 0 radical (unpaired) electrons. The van der Waals surface area contributed by atoms with Crippen molar-refractivity contribution in [2.24, 2.45) is 11.1 Å². The largest absolute Gasteiger partial charge is 0.493 e. The van der Waals surface area contributed by atoms with Crippen molar-refractivity contribution in [3.8, 4) is 17.2 Å². The van der Waals surface area contributed by atoms with Gasteiger partial charge < -0.3 is 19.9 Å². The Morgan fingerprint density at radius 3 is 2.16 bits per heavy atom. The molecule has 0 heterocycles. The number of rotatable bonds is 8. The van der Waals surface area contributed by atoms with Gasteiger partial charge in [-0.05, 0) is 36.9 Å². The predicted octanol–water partition coefficient (Wildman–Crippen LogP) is 2.85. The zero-order chi connectivity index (χ0) is 14.3. The van der Waals surface area contributed by atoms with Gasteiger partial charge in [-0.1, -0.05) is 19.9 Å². The number of nitrogens with two attached hydrogens (primary N) is 1. The molecule has 0 saturated heterocycles. The summed E-state index contributed by atoms with van der Waals surface area (Å²) < 4.78 is 16.4. The van der Waals surface area contributed by atoms with Gasteiger partial charge in [0.1, 0.15) is 0 Å². The van der Waals surface area contributed by atoms with E-state index in [2.05, 4.69) is 13.8 Å². The highest BCUT2D eigenvalue weighted by atomic mass is 16.5. The smallest absolute Gasteiger partial charge is 0.203 e. The van der Waals surface area contributed by atoms with Crippen molar-refractivity contribution in [1.82, 2.24) is 0 Å². The van der Waals surface area contributed by atoms with E-state index in [0.717, 1.165) is 12.8 Å². The van der Waals surface area contributed by atoms with E-state index in [-0.39, 0.29) is 5.41 Å². The Morgan fingerprint density at radius 1 is 1.11 bits per heavy atom. The molecule has 0 atom stereocenters. The molecule has 1 aromatic carbocycles. The van der Waals surface area contributed by atoms with Crippen molar-refractivity contribution in [1.29, 1.82) is 0 Å². The Kier molecular flexibility index (Phi) is 5.96. The van der Waals surface area contributed by atoms with Crippen LogP contribution in [0.4, 0.5) is 0 Å². The summed E-state index contributed by atoms with van der Waals surface area (Å²) in [6.45, 7) is 5.64. The van der Waals surface area contributed by atoms with Crippen LogP contribution < -0.4 is 19.9 Å². The summed E-state index contributed by atoms with van der Waals surface area (Å²) in [5, 5.41) is 0. The summed E-state index contributed by atoms with van der Waals surface area (Å²) in [4.78, 5) is 0. The van der Waals surface area contributed by atoms with Crippen LogP contribution in [0.3, 0.4) is 0 Å². The second-order valence-corrected chi connectivity index (χ2v) is 5.31. The average Bonchev–Trinajstić information content (AvgIpc) is 2.43. The van der Waals surface area contributed by atoms with Gasteiger partial charge in [0, 0.05) is 0 Å². The zero-order valence-electron chi connectivity index (χ0n) is 12.4. The fourth-order valence-corrected chi connectivity index (χ4v) is 1.79. The summed E-state index contributed by atoms with van der Waals surface area (Å²) in [6, 6.07) is 5.60. The SMILES string of the molecule is COc1cccc(OC)c1OCCCC(C)(C)CN. The highest BCUT2D eigenvalue weighted by Gasteiger charge is 2.16. The second kappa shape index (κ2) is 7.24. The van der Waals surface area contributed by atoms with E-state index in [4.69, 9.17) is 19.9 Å². The minimum Gasteiger partial charge on any atom is -0.493 e. The van der Waals surface area contributed by atoms with Gasteiger partial charge in [-0.15, -0.1) is 0 Å². The summed E-state index contributed by atoms with van der Waals surface area (Å²) in [7, 11) is 3.25. The molecule has 2 N–H and O–H groups in total. The number of ether oxygens (including phenoxy) is 3. The summed E-state index contributed by atoms with van der Waals surface area (Å²) in [5.74, 6) is 2.05. The van der Waals surface area contributed by atoms with Crippen LogP contribution in [0.25, 0.3) is 0 Å². The van der Waals surface area contributed by atoms with Gasteiger partial charge in [-0.25, -0.2) is 0 Å². The fourth-order valence-electron chi connectivity index (χ4n) is 1.79. The topological polar surface area (TPSA) is 53.7 Å². The molecule has 1 rings (SSSR count). The lowest BCUT2D eigenvalue weighted by molar-refractivity contribution is 0.242. The molecule has 0 saturated carbocycles. The first-order valence-electron chi connectivity index (χ1n) is 6.58. The number of para-hydroxylation sites is 1. The number of benzene rings is 1. The fraction of sp³-hybridized carbons (Fsp3) is 0.600. The zero-order valence-corrected chi connectivity index (χ0v) is 12.4. The number of methoxy groups -OCH3 is 2. The van der Waals surface area contributed by atoms with Gasteiger partial charge in [-0.2, -0.15) is 0 Å². The van der Waals surface area contributed by atoms with Crippen LogP contribution in [0.15, 0.2) is 18.2 Å². The maximum atomic E-state index is 5.80. The summed E-state index contributed by atoms with van der Waals surface area (Å²) in [5.41, 5.74) is 5.87. The van der Waals surface area contributed by atoms with Crippen molar-refractivity contribution >= 4 is 0 Å². The molecule has 19 heavy (non-hydrogen) atoms. The van der Waals surface area contributed by atoms with Gasteiger partial charge in [0.05, 0.1) is 20.8 Å². The molecule has 4 heteroatoms. The first-order chi connectivity index (χ1) is 9.04. The van der Waals surface area contributed by atoms with Crippen LogP contribution in [0.5, 0.6) is 17.2 Å². The van der Waals surface area contributed by atoms with Crippen LogP contribution in [-0.2, 0) is 0 Å². The van der Waals surface area contributed by atoms with E-state index in [1.54, 1.807) is 14.2 Å². The van der Waals surface area contributed by atoms with Crippen LogP contribution in [0.2, 0.25) is 0 Å². The lowest BCUT2D eigenvalue weighted by Crippen LogP contribution is -2.24. The Hall–Kier alpha value is -1.42. The molecule has 0 fully saturated rings. The highest BCUT2D eigenvalue weighted by molar-refractivity contribution is 5.51. The minimum absolute atomic E-state index is 0.161. The monoisotopic (exact) mass is 267 g/mol. The van der Waals surface area contributed by atoms with Crippen molar-refractivity contribution in [2.75, 3.05) is 27.4 Å². The van der Waals surface area contributed by atoms with Gasteiger partial charge in [-0.3, -0.25) is 0 Å². The first-order valence-corrected chi connectivity index (χ1v) is 6.58. The van der Waals surface area contributed by atoms with Crippen molar-refractivity contribution in [3.05, 3.63) is 18.2 Å². The van der Waals surface area contributed by atoms with Crippen molar-refractivity contribution < 1.29 is 14.2 Å². The number of hydrogen-bond acceptors (Lipinski definition) is 4. The third kappa shape index (κ3) is 4.63. The molecule has 108 valence electrons. The predicted molar refractivity (Wildman–Crippen MR) is 77.1 cm³/mol. The molecule has 1 aromatic rings. The third-order valence-electron chi connectivity index (χ3n) is 3.18. The average molecular weight is 267 g/mol. The molecule has 0 aromatic heterocycles. The summed E-state index contributed by atoms with van der Waals surface area (Å²) >= 11 is 0. The lowest BCUT2D eigenvalue weighted by atomic mass is 9.88. The van der Waals surface area contributed by atoms with Gasteiger partial charge in [0.25, 0.3) is 0 Å². The molecule has 0 unspecified atom stereocenters. The van der Waals surface area contributed by atoms with E-state index in [1.165, 1.54) is 0 Å². The minimum atomic E-state index is 0.161. The van der Waals surface area contributed by atoms with E-state index in [9.17, 15) is 0 Å². The van der Waals surface area contributed by atoms with Gasteiger partial charge >= 0.3 is 0 Å². The molecule has 0 bridgehead atoms. The van der Waals surface area contributed by atoms with Crippen molar-refractivity contribution in [3.63, 3.8) is 0 Å². The lowest BCUT2D eigenvalue weighted by Gasteiger charge is -2.22. The Bertz CT molecular complexity index is 369. The van der Waals surface area contributed by atoms with Crippen LogP contribution in [-0.4, -0.2) is 27.4 Å². The van der Waals surface area contributed by atoms with Gasteiger partial charge in [0.15, 0.2) is 11.5 Å². The van der Waals surface area contributed by atoms with E-state index in [1.807, 2.05) is 18.2 Å². The maximum absolute atomic E-state index is 5.80.